The van der Waals surface area contributed by atoms with E-state index in [4.69, 9.17) is 4.74 Å². The van der Waals surface area contributed by atoms with Crippen molar-refractivity contribution in [2.24, 2.45) is 0 Å². The van der Waals surface area contributed by atoms with Gasteiger partial charge in [0.2, 0.25) is 5.91 Å². The molecule has 1 N–H and O–H groups in total. The molecule has 2 aromatic carbocycles. The third-order valence-electron chi connectivity index (χ3n) is 4.77. The number of benzene rings is 2. The van der Waals surface area contributed by atoms with E-state index in [9.17, 15) is 9.59 Å². The van der Waals surface area contributed by atoms with Gasteiger partial charge < -0.3 is 15.0 Å². The van der Waals surface area contributed by atoms with E-state index in [1.54, 1.807) is 11.8 Å². The van der Waals surface area contributed by atoms with Gasteiger partial charge in [-0.25, -0.2) is 0 Å². The van der Waals surface area contributed by atoms with Crippen LogP contribution in [0.4, 0.5) is 0 Å². The van der Waals surface area contributed by atoms with Crippen molar-refractivity contribution in [3.8, 4) is 5.75 Å². The van der Waals surface area contributed by atoms with Crippen molar-refractivity contribution in [2.45, 2.75) is 40.2 Å². The van der Waals surface area contributed by atoms with Gasteiger partial charge in [-0.3, -0.25) is 9.59 Å². The van der Waals surface area contributed by atoms with E-state index in [0.717, 1.165) is 21.2 Å². The zero-order valence-electron chi connectivity index (χ0n) is 17.5. The van der Waals surface area contributed by atoms with Crippen LogP contribution in [0.15, 0.2) is 46.9 Å². The van der Waals surface area contributed by atoms with Crippen LogP contribution in [0, 0.1) is 13.8 Å². The fourth-order valence-corrected chi connectivity index (χ4v) is 3.34. The molecule has 0 bridgehead atoms. The predicted octanol–water partition coefficient (Wildman–Crippen LogP) is 4.04. The number of nitrogens with one attached hydrogen (secondary N) is 1. The van der Waals surface area contributed by atoms with E-state index in [0.29, 0.717) is 25.3 Å². The molecule has 0 spiro atoms. The van der Waals surface area contributed by atoms with Crippen LogP contribution in [0.2, 0.25) is 0 Å². The lowest BCUT2D eigenvalue weighted by Gasteiger charge is -2.28. The molecule has 29 heavy (non-hydrogen) atoms. The van der Waals surface area contributed by atoms with Gasteiger partial charge in [0.05, 0.1) is 0 Å². The van der Waals surface area contributed by atoms with Crippen molar-refractivity contribution < 1.29 is 14.3 Å². The number of hydrogen-bond donors (Lipinski definition) is 1. The second-order valence-corrected chi connectivity index (χ2v) is 7.85. The second-order valence-electron chi connectivity index (χ2n) is 7.05. The minimum absolute atomic E-state index is 0.112. The van der Waals surface area contributed by atoms with Crippen LogP contribution in [-0.4, -0.2) is 42.5 Å². The van der Waals surface area contributed by atoms with Gasteiger partial charge in [-0.05, 0) is 62.9 Å². The molecule has 0 unspecified atom stereocenters. The summed E-state index contributed by atoms with van der Waals surface area (Å²) in [4.78, 5) is 26.9. The quantitative estimate of drug-likeness (QED) is 0.613. The molecule has 0 aromatic heterocycles. The lowest BCUT2D eigenvalue weighted by molar-refractivity contribution is -0.141. The summed E-state index contributed by atoms with van der Waals surface area (Å²) in [5, 5.41) is 2.79. The van der Waals surface area contributed by atoms with Gasteiger partial charge in [-0.2, -0.15) is 0 Å². The summed E-state index contributed by atoms with van der Waals surface area (Å²) in [6, 6.07) is 13.2. The lowest BCUT2D eigenvalue weighted by atomic mass is 10.1. The van der Waals surface area contributed by atoms with E-state index < -0.39 is 6.04 Å². The van der Waals surface area contributed by atoms with Crippen LogP contribution in [0.3, 0.4) is 0 Å². The molecule has 0 aliphatic rings. The maximum absolute atomic E-state index is 12.9. The molecule has 5 nitrogen and oxygen atoms in total. The van der Waals surface area contributed by atoms with Gasteiger partial charge in [-0.15, -0.1) is 0 Å². The maximum atomic E-state index is 12.9. The first-order valence-electron chi connectivity index (χ1n) is 9.84. The summed E-state index contributed by atoms with van der Waals surface area (Å²) in [7, 11) is 0. The number of carbonyl (C=O) groups is 2. The zero-order valence-corrected chi connectivity index (χ0v) is 19.1. The van der Waals surface area contributed by atoms with E-state index in [1.165, 1.54) is 0 Å². The van der Waals surface area contributed by atoms with Crippen LogP contribution in [0.25, 0.3) is 0 Å². The first-order chi connectivity index (χ1) is 13.8. The normalized spacial score (nSPS) is 11.6. The van der Waals surface area contributed by atoms with Crippen LogP contribution in [0.1, 0.15) is 30.5 Å². The molecule has 0 radical (unpaired) electrons. The molecule has 2 aromatic rings. The van der Waals surface area contributed by atoms with Crippen LogP contribution < -0.4 is 10.1 Å². The first-order valence-corrected chi connectivity index (χ1v) is 10.6. The lowest BCUT2D eigenvalue weighted by Crippen LogP contribution is -2.50. The Hall–Kier alpha value is -2.34. The number of halogens is 1. The summed E-state index contributed by atoms with van der Waals surface area (Å²) in [6.07, 6.45) is 0.673. The first kappa shape index (κ1) is 22.9. The van der Waals surface area contributed by atoms with Crippen molar-refractivity contribution in [1.82, 2.24) is 10.2 Å². The Morgan fingerprint density at radius 3 is 2.34 bits per heavy atom. The zero-order chi connectivity index (χ0) is 21.4. The second kappa shape index (κ2) is 11.0. The standard InChI is InChI=1S/C23H29BrN2O3/c1-5-25-23(28)18(4)26(12-11-19-9-7-6-8-10-19)21(27)15-29-20-13-16(2)22(24)17(3)14-20/h6-10,13-14,18H,5,11-12,15H2,1-4H3,(H,25,28)/t18-/m1/s1. The number of hydrogen-bond acceptors (Lipinski definition) is 3. The third kappa shape index (κ3) is 6.60. The van der Waals surface area contributed by atoms with Crippen LogP contribution in [-0.2, 0) is 16.0 Å². The Labute approximate surface area is 181 Å². The number of aryl methyl sites for hydroxylation is 2. The molecule has 1 atom stereocenters. The van der Waals surface area contributed by atoms with Gasteiger partial charge in [0.1, 0.15) is 11.8 Å². The molecule has 2 amide bonds. The molecular weight excluding hydrogens is 432 g/mol. The largest absolute Gasteiger partial charge is 0.484 e. The van der Waals surface area contributed by atoms with Gasteiger partial charge in [-0.1, -0.05) is 46.3 Å². The highest BCUT2D eigenvalue weighted by molar-refractivity contribution is 9.10. The number of carbonyl (C=O) groups excluding carboxylic acids is 2. The highest BCUT2D eigenvalue weighted by Gasteiger charge is 2.25. The Morgan fingerprint density at radius 2 is 1.76 bits per heavy atom. The highest BCUT2D eigenvalue weighted by Crippen LogP contribution is 2.26. The molecule has 0 fully saturated rings. The van der Waals surface area contributed by atoms with E-state index in [2.05, 4.69) is 21.2 Å². The topological polar surface area (TPSA) is 58.6 Å². The summed E-state index contributed by atoms with van der Waals surface area (Å²) < 4.78 is 6.80. The van der Waals surface area contributed by atoms with E-state index >= 15 is 0 Å². The molecular formula is C23H29BrN2O3. The molecule has 2 rings (SSSR count). The number of amides is 2. The average Bonchev–Trinajstić information content (AvgIpc) is 2.71. The Morgan fingerprint density at radius 1 is 1.14 bits per heavy atom. The number of rotatable bonds is 9. The summed E-state index contributed by atoms with van der Waals surface area (Å²) >= 11 is 3.53. The summed E-state index contributed by atoms with van der Waals surface area (Å²) in [5.41, 5.74) is 3.21. The Kier molecular flexibility index (Phi) is 8.70. The molecule has 0 saturated heterocycles. The molecule has 6 heteroatoms. The predicted molar refractivity (Wildman–Crippen MR) is 119 cm³/mol. The molecule has 0 aliphatic heterocycles. The van der Waals surface area contributed by atoms with Crippen molar-refractivity contribution >= 4 is 27.7 Å². The molecule has 0 heterocycles. The van der Waals surface area contributed by atoms with Gasteiger partial charge >= 0.3 is 0 Å². The van der Waals surface area contributed by atoms with E-state index in [-0.39, 0.29) is 18.4 Å². The minimum Gasteiger partial charge on any atom is -0.484 e. The van der Waals surface area contributed by atoms with Crippen molar-refractivity contribution in [2.75, 3.05) is 19.7 Å². The molecule has 0 aliphatic carbocycles. The van der Waals surface area contributed by atoms with Gasteiger partial charge in [0.25, 0.3) is 5.91 Å². The number of ether oxygens (including phenoxy) is 1. The van der Waals surface area contributed by atoms with Crippen LogP contribution >= 0.6 is 15.9 Å². The van der Waals surface area contributed by atoms with Crippen molar-refractivity contribution in [1.29, 1.82) is 0 Å². The number of likely N-dealkylation sites (N-methyl/N-ethyl adjacent to an activating group) is 1. The van der Waals surface area contributed by atoms with E-state index in [1.807, 2.05) is 63.2 Å². The SMILES string of the molecule is CCNC(=O)[C@@H](C)N(CCc1ccccc1)C(=O)COc1cc(C)c(Br)c(C)c1. The molecule has 0 saturated carbocycles. The maximum Gasteiger partial charge on any atom is 0.261 e. The minimum atomic E-state index is -0.567. The van der Waals surface area contributed by atoms with Crippen LogP contribution in [0.5, 0.6) is 5.75 Å². The summed E-state index contributed by atoms with van der Waals surface area (Å²) in [6.45, 7) is 8.44. The van der Waals surface area contributed by atoms with Gasteiger partial charge in [0, 0.05) is 17.6 Å². The fraction of sp³-hybridized carbons (Fsp3) is 0.391. The number of nitrogens with zero attached hydrogens (tertiary/aromatic N) is 1. The molecule has 156 valence electrons. The Balaban J connectivity index is 2.09. The average molecular weight is 461 g/mol. The van der Waals surface area contributed by atoms with Crippen molar-refractivity contribution in [3.63, 3.8) is 0 Å². The third-order valence-corrected chi connectivity index (χ3v) is 6.03. The monoisotopic (exact) mass is 460 g/mol. The summed E-state index contributed by atoms with van der Waals surface area (Å²) in [5.74, 6) is 0.271. The fourth-order valence-electron chi connectivity index (χ4n) is 3.11. The Bertz CT molecular complexity index is 816. The van der Waals surface area contributed by atoms with Crippen molar-refractivity contribution in [3.05, 3.63) is 63.6 Å². The smallest absolute Gasteiger partial charge is 0.261 e. The highest BCUT2D eigenvalue weighted by atomic mass is 79.9. The van der Waals surface area contributed by atoms with Gasteiger partial charge in [0.15, 0.2) is 6.61 Å².